The molecule has 28 heavy (non-hydrogen) atoms. The van der Waals surface area contributed by atoms with Gasteiger partial charge in [-0.1, -0.05) is 13.0 Å². The van der Waals surface area contributed by atoms with Crippen LogP contribution >= 0.6 is 0 Å². The largest absolute Gasteiger partial charge is 0.454 e. The maximum atomic E-state index is 11.7. The Morgan fingerprint density at radius 1 is 1.00 bits per heavy atom. The zero-order valence-electron chi connectivity index (χ0n) is 16.3. The van der Waals surface area contributed by atoms with Gasteiger partial charge in [0.05, 0.1) is 0 Å². The molecule has 0 aromatic heterocycles. The van der Waals surface area contributed by atoms with Crippen LogP contribution in [0.15, 0.2) is 42.5 Å². The third-order valence-electron chi connectivity index (χ3n) is 5.21. The Morgan fingerprint density at radius 3 is 2.50 bits per heavy atom. The molecule has 2 aromatic rings. The second kappa shape index (κ2) is 8.52. The van der Waals surface area contributed by atoms with E-state index in [0.29, 0.717) is 13.2 Å². The van der Waals surface area contributed by atoms with E-state index < -0.39 is 0 Å². The van der Waals surface area contributed by atoms with E-state index in [2.05, 4.69) is 39.4 Å². The fourth-order valence-corrected chi connectivity index (χ4v) is 3.67. The lowest BCUT2D eigenvalue weighted by molar-refractivity contribution is -0.116. The molecule has 2 aliphatic heterocycles. The summed E-state index contributed by atoms with van der Waals surface area (Å²) in [6, 6.07) is 14.4. The van der Waals surface area contributed by atoms with E-state index in [9.17, 15) is 4.79 Å². The van der Waals surface area contributed by atoms with Crippen molar-refractivity contribution in [2.75, 3.05) is 43.2 Å². The summed E-state index contributed by atoms with van der Waals surface area (Å²) in [6.07, 6.45) is 1.42. The number of carbonyl (C=O) groups is 1. The highest BCUT2D eigenvalue weighted by Crippen LogP contribution is 2.33. The molecule has 0 aliphatic carbocycles. The average molecular weight is 381 g/mol. The Morgan fingerprint density at radius 2 is 1.75 bits per heavy atom. The molecular weight excluding hydrogens is 354 g/mol. The normalized spacial score (nSPS) is 16.2. The molecule has 148 valence electrons. The van der Waals surface area contributed by atoms with Crippen molar-refractivity contribution in [3.63, 3.8) is 0 Å². The van der Waals surface area contributed by atoms with Crippen LogP contribution in [0.2, 0.25) is 0 Å². The minimum Gasteiger partial charge on any atom is -0.454 e. The molecule has 4 rings (SSSR count). The summed E-state index contributed by atoms with van der Waals surface area (Å²) < 4.78 is 10.9. The summed E-state index contributed by atoms with van der Waals surface area (Å²) in [5.74, 6) is 1.76. The second-order valence-electron chi connectivity index (χ2n) is 7.30. The van der Waals surface area contributed by atoms with Crippen molar-refractivity contribution < 1.29 is 14.3 Å². The van der Waals surface area contributed by atoms with Gasteiger partial charge < -0.3 is 19.7 Å². The molecule has 0 radical (unpaired) electrons. The lowest BCUT2D eigenvalue weighted by atomic mass is 10.1. The van der Waals surface area contributed by atoms with Gasteiger partial charge in [-0.3, -0.25) is 9.69 Å². The summed E-state index contributed by atoms with van der Waals surface area (Å²) in [5, 5.41) is 2.94. The van der Waals surface area contributed by atoms with Crippen molar-refractivity contribution in [1.82, 2.24) is 4.90 Å². The minimum absolute atomic E-state index is 0.0763. The van der Waals surface area contributed by atoms with Gasteiger partial charge in [0.25, 0.3) is 0 Å². The highest BCUT2D eigenvalue weighted by molar-refractivity contribution is 5.90. The molecule has 0 bridgehead atoms. The fraction of sp³-hybridized carbons (Fsp3) is 0.409. The van der Waals surface area contributed by atoms with Crippen LogP contribution in [-0.2, 0) is 11.3 Å². The van der Waals surface area contributed by atoms with Gasteiger partial charge in [-0.25, -0.2) is 0 Å². The van der Waals surface area contributed by atoms with Gasteiger partial charge in [-0.15, -0.1) is 0 Å². The minimum atomic E-state index is 0.0763. The molecule has 0 spiro atoms. The molecule has 1 amide bonds. The molecule has 1 N–H and O–H groups in total. The van der Waals surface area contributed by atoms with Gasteiger partial charge >= 0.3 is 0 Å². The van der Waals surface area contributed by atoms with Crippen molar-refractivity contribution >= 4 is 17.3 Å². The predicted molar refractivity (Wildman–Crippen MR) is 110 cm³/mol. The van der Waals surface area contributed by atoms with Gasteiger partial charge in [0, 0.05) is 50.5 Å². The second-order valence-corrected chi connectivity index (χ2v) is 7.30. The first-order valence-electron chi connectivity index (χ1n) is 9.97. The number of nitrogens with one attached hydrogen (secondary N) is 1. The molecule has 2 aromatic carbocycles. The monoisotopic (exact) mass is 381 g/mol. The number of amides is 1. The first-order valence-corrected chi connectivity index (χ1v) is 9.97. The fourth-order valence-electron chi connectivity index (χ4n) is 3.67. The van der Waals surface area contributed by atoms with E-state index in [1.165, 1.54) is 11.3 Å². The standard InChI is InChI=1S/C22H27N3O3/c1-2-3-22(26)23-18-5-7-19(8-6-18)25-12-10-24(11-13-25)15-17-4-9-20-21(14-17)28-16-27-20/h4-9,14H,2-3,10-13,15-16H2,1H3,(H,23,26). The van der Waals surface area contributed by atoms with Gasteiger partial charge in [0.15, 0.2) is 11.5 Å². The maximum absolute atomic E-state index is 11.7. The van der Waals surface area contributed by atoms with Crippen LogP contribution < -0.4 is 19.7 Å². The Kier molecular flexibility index (Phi) is 5.67. The van der Waals surface area contributed by atoms with Crippen LogP contribution in [0.5, 0.6) is 11.5 Å². The highest BCUT2D eigenvalue weighted by atomic mass is 16.7. The molecule has 2 heterocycles. The topological polar surface area (TPSA) is 54.0 Å². The number of ether oxygens (including phenoxy) is 2. The van der Waals surface area contributed by atoms with Crippen molar-refractivity contribution in [2.24, 2.45) is 0 Å². The van der Waals surface area contributed by atoms with Crippen LogP contribution in [-0.4, -0.2) is 43.8 Å². The molecule has 0 unspecified atom stereocenters. The van der Waals surface area contributed by atoms with Gasteiger partial charge in [-0.2, -0.15) is 0 Å². The lowest BCUT2D eigenvalue weighted by Crippen LogP contribution is -2.45. The molecule has 1 saturated heterocycles. The number of fused-ring (bicyclic) bond motifs is 1. The van der Waals surface area contributed by atoms with Gasteiger partial charge in [0.1, 0.15) is 0 Å². The van der Waals surface area contributed by atoms with E-state index in [4.69, 9.17) is 9.47 Å². The molecule has 1 fully saturated rings. The molecule has 2 aliphatic rings. The smallest absolute Gasteiger partial charge is 0.231 e. The summed E-state index contributed by atoms with van der Waals surface area (Å²) in [5.41, 5.74) is 3.32. The Bertz CT molecular complexity index is 814. The number of hydrogen-bond acceptors (Lipinski definition) is 5. The van der Waals surface area contributed by atoms with E-state index in [1.54, 1.807) is 0 Å². The predicted octanol–water partition coefficient (Wildman–Crippen LogP) is 3.48. The van der Waals surface area contributed by atoms with E-state index in [0.717, 1.165) is 56.3 Å². The average Bonchev–Trinajstić information content (AvgIpc) is 3.17. The van der Waals surface area contributed by atoms with Crippen molar-refractivity contribution in [1.29, 1.82) is 0 Å². The SMILES string of the molecule is CCCC(=O)Nc1ccc(N2CCN(Cc3ccc4c(c3)OCO4)CC2)cc1. The number of carbonyl (C=O) groups excluding carboxylic acids is 1. The van der Waals surface area contributed by atoms with Crippen molar-refractivity contribution in [2.45, 2.75) is 26.3 Å². The maximum Gasteiger partial charge on any atom is 0.231 e. The Balaban J connectivity index is 1.28. The first kappa shape index (κ1) is 18.6. The zero-order chi connectivity index (χ0) is 19.3. The van der Waals surface area contributed by atoms with Crippen molar-refractivity contribution in [3.8, 4) is 11.5 Å². The van der Waals surface area contributed by atoms with E-state index in [-0.39, 0.29) is 5.91 Å². The quantitative estimate of drug-likeness (QED) is 0.830. The Labute approximate surface area is 166 Å². The third-order valence-corrected chi connectivity index (χ3v) is 5.21. The van der Waals surface area contributed by atoms with Crippen LogP contribution in [0.3, 0.4) is 0 Å². The number of anilines is 2. The highest BCUT2D eigenvalue weighted by Gasteiger charge is 2.19. The van der Waals surface area contributed by atoms with Gasteiger partial charge in [0.2, 0.25) is 12.7 Å². The molecular formula is C22H27N3O3. The summed E-state index contributed by atoms with van der Waals surface area (Å²) >= 11 is 0. The van der Waals surface area contributed by atoms with Crippen LogP contribution in [0.25, 0.3) is 0 Å². The summed E-state index contributed by atoms with van der Waals surface area (Å²) in [6.45, 7) is 7.27. The number of hydrogen-bond donors (Lipinski definition) is 1. The number of benzene rings is 2. The summed E-state index contributed by atoms with van der Waals surface area (Å²) in [4.78, 5) is 16.6. The van der Waals surface area contributed by atoms with Crippen LogP contribution in [0.1, 0.15) is 25.3 Å². The van der Waals surface area contributed by atoms with Crippen LogP contribution in [0.4, 0.5) is 11.4 Å². The third kappa shape index (κ3) is 4.39. The molecule has 6 heteroatoms. The van der Waals surface area contributed by atoms with E-state index >= 15 is 0 Å². The molecule has 0 atom stereocenters. The van der Waals surface area contributed by atoms with Gasteiger partial charge in [-0.05, 0) is 48.4 Å². The number of piperazine rings is 1. The van der Waals surface area contributed by atoms with Crippen LogP contribution in [0, 0.1) is 0 Å². The Hall–Kier alpha value is -2.73. The first-order chi connectivity index (χ1) is 13.7. The summed E-state index contributed by atoms with van der Waals surface area (Å²) in [7, 11) is 0. The zero-order valence-corrected chi connectivity index (χ0v) is 16.3. The molecule has 6 nitrogen and oxygen atoms in total. The molecule has 0 saturated carbocycles. The number of rotatable bonds is 6. The lowest BCUT2D eigenvalue weighted by Gasteiger charge is -2.36. The number of nitrogens with zero attached hydrogens (tertiary/aromatic N) is 2. The van der Waals surface area contributed by atoms with E-state index in [1.807, 2.05) is 25.1 Å². The van der Waals surface area contributed by atoms with Crippen molar-refractivity contribution in [3.05, 3.63) is 48.0 Å².